The van der Waals surface area contributed by atoms with Gasteiger partial charge in [-0.15, -0.1) is 4.73 Å². The van der Waals surface area contributed by atoms with Crippen LogP contribution in [0.1, 0.15) is 6.92 Å². The lowest BCUT2D eigenvalue weighted by Crippen LogP contribution is -2.29. The topological polar surface area (TPSA) is 68.5 Å². The fourth-order valence-electron chi connectivity index (χ4n) is 1.46. The summed E-state index contributed by atoms with van der Waals surface area (Å²) in [5.74, 6) is -0.734. The zero-order valence-electron chi connectivity index (χ0n) is 8.51. The summed E-state index contributed by atoms with van der Waals surface area (Å²) >= 11 is 0. The predicted molar refractivity (Wildman–Crippen MR) is 57.1 cm³/mol. The van der Waals surface area contributed by atoms with Gasteiger partial charge in [0.1, 0.15) is 5.75 Å². The van der Waals surface area contributed by atoms with Crippen molar-refractivity contribution in [3.63, 3.8) is 0 Å². The van der Waals surface area contributed by atoms with Crippen molar-refractivity contribution in [2.24, 2.45) is 0 Å². The van der Waals surface area contributed by atoms with E-state index in [0.29, 0.717) is 10.9 Å². The van der Waals surface area contributed by atoms with Crippen LogP contribution >= 0.6 is 0 Å². The molecule has 1 N–H and O–H groups in total. The zero-order chi connectivity index (χ0) is 11.7. The Labute approximate surface area is 90.5 Å². The fourth-order valence-corrected chi connectivity index (χ4v) is 1.46. The smallest absolute Gasteiger partial charge is 0.330 e. The molecule has 0 aliphatic carbocycles. The number of aromatic nitrogens is 1. The number of benzene rings is 1. The Morgan fingerprint density at radius 2 is 2.06 bits per heavy atom. The summed E-state index contributed by atoms with van der Waals surface area (Å²) < 4.78 is 0.859. The van der Waals surface area contributed by atoms with Crippen molar-refractivity contribution in [2.45, 2.75) is 6.92 Å². The largest absolute Gasteiger partial charge is 0.507 e. The van der Waals surface area contributed by atoms with Gasteiger partial charge < -0.3 is 9.94 Å². The molecule has 16 heavy (non-hydrogen) atoms. The molecule has 1 aromatic heterocycles. The van der Waals surface area contributed by atoms with Crippen LogP contribution in [0, 0.1) is 0 Å². The first-order valence-electron chi connectivity index (χ1n) is 4.62. The number of hydrogen-bond donors (Lipinski definition) is 1. The van der Waals surface area contributed by atoms with Crippen LogP contribution in [0.25, 0.3) is 10.9 Å². The van der Waals surface area contributed by atoms with Gasteiger partial charge in [-0.2, -0.15) is 0 Å². The van der Waals surface area contributed by atoms with Crippen molar-refractivity contribution in [1.29, 1.82) is 0 Å². The Hall–Kier alpha value is -2.30. The second-order valence-corrected chi connectivity index (χ2v) is 3.26. The third-order valence-corrected chi connectivity index (χ3v) is 2.08. The zero-order valence-corrected chi connectivity index (χ0v) is 8.51. The van der Waals surface area contributed by atoms with Crippen LogP contribution in [-0.4, -0.2) is 15.8 Å². The number of carbonyl (C=O) groups is 1. The summed E-state index contributed by atoms with van der Waals surface area (Å²) in [5.41, 5.74) is -0.242. The maximum Gasteiger partial charge on any atom is 0.330 e. The van der Waals surface area contributed by atoms with Crippen molar-refractivity contribution in [1.82, 2.24) is 4.73 Å². The van der Waals surface area contributed by atoms with Gasteiger partial charge in [0.05, 0.1) is 5.52 Å². The van der Waals surface area contributed by atoms with Crippen LogP contribution in [0.15, 0.2) is 35.1 Å². The van der Waals surface area contributed by atoms with E-state index in [1.165, 1.54) is 6.92 Å². The molecule has 5 nitrogen and oxygen atoms in total. The number of pyridine rings is 1. The van der Waals surface area contributed by atoms with E-state index in [4.69, 9.17) is 4.84 Å². The summed E-state index contributed by atoms with van der Waals surface area (Å²) in [6.45, 7) is 1.20. The first-order valence-corrected chi connectivity index (χ1v) is 4.62. The van der Waals surface area contributed by atoms with Crippen LogP contribution in [0.4, 0.5) is 0 Å². The molecule has 0 bridgehead atoms. The number of fused-ring (bicyclic) bond motifs is 1. The maximum atomic E-state index is 11.5. The van der Waals surface area contributed by atoms with Gasteiger partial charge in [0.25, 0.3) is 5.56 Å². The number of hydrogen-bond acceptors (Lipinski definition) is 4. The third kappa shape index (κ3) is 1.63. The molecule has 0 saturated heterocycles. The van der Waals surface area contributed by atoms with E-state index in [1.807, 2.05) is 0 Å². The Balaban J connectivity index is 2.81. The second-order valence-electron chi connectivity index (χ2n) is 3.26. The molecule has 0 radical (unpaired) electrons. The third-order valence-electron chi connectivity index (χ3n) is 2.08. The van der Waals surface area contributed by atoms with Gasteiger partial charge in [0, 0.05) is 18.4 Å². The molecule has 0 saturated carbocycles. The molecule has 2 rings (SSSR count). The summed E-state index contributed by atoms with van der Waals surface area (Å²) in [7, 11) is 0. The van der Waals surface area contributed by atoms with Crippen molar-refractivity contribution in [2.75, 3.05) is 0 Å². The molecule has 1 aromatic carbocycles. The normalized spacial score (nSPS) is 10.3. The molecule has 0 spiro atoms. The highest BCUT2D eigenvalue weighted by atomic mass is 16.7. The molecule has 0 fully saturated rings. The molecule has 0 amide bonds. The Morgan fingerprint density at radius 3 is 2.75 bits per heavy atom. The minimum atomic E-state index is -0.599. The first kappa shape index (κ1) is 10.2. The van der Waals surface area contributed by atoms with Crippen LogP contribution in [0.2, 0.25) is 0 Å². The summed E-state index contributed by atoms with van der Waals surface area (Å²) in [6.07, 6.45) is 0. The van der Waals surface area contributed by atoms with Gasteiger partial charge in [-0.3, -0.25) is 4.79 Å². The summed E-state index contributed by atoms with van der Waals surface area (Å²) in [4.78, 5) is 27.1. The molecule has 0 aliphatic heterocycles. The molecule has 5 heteroatoms. The Morgan fingerprint density at radius 1 is 1.38 bits per heavy atom. The molecule has 2 aromatic rings. The van der Waals surface area contributed by atoms with Crippen molar-refractivity contribution in [3.8, 4) is 5.75 Å². The fraction of sp³-hybridized carbons (Fsp3) is 0.0909. The van der Waals surface area contributed by atoms with Gasteiger partial charge in [0.15, 0.2) is 0 Å². The van der Waals surface area contributed by atoms with E-state index in [2.05, 4.69) is 0 Å². The van der Waals surface area contributed by atoms with Crippen LogP contribution < -0.4 is 10.4 Å². The Bertz CT molecular complexity index is 615. The monoisotopic (exact) mass is 219 g/mol. The molecule has 82 valence electrons. The van der Waals surface area contributed by atoms with E-state index < -0.39 is 11.5 Å². The predicted octanol–water partition coefficient (Wildman–Crippen LogP) is 0.682. The van der Waals surface area contributed by atoms with Gasteiger partial charge >= 0.3 is 5.97 Å². The number of carbonyl (C=O) groups excluding carboxylic acids is 1. The highest BCUT2D eigenvalue weighted by Gasteiger charge is 2.09. The van der Waals surface area contributed by atoms with Gasteiger partial charge in [-0.1, -0.05) is 12.1 Å². The number of nitrogens with zero attached hydrogens (tertiary/aromatic N) is 1. The SMILES string of the molecule is CC(=O)On1c(=O)cc(O)c2ccccc21. The lowest BCUT2D eigenvalue weighted by Gasteiger charge is -2.08. The molecule has 0 unspecified atom stereocenters. The summed E-state index contributed by atoms with van der Waals surface area (Å²) in [5, 5.41) is 10.0. The maximum absolute atomic E-state index is 11.5. The minimum absolute atomic E-state index is 0.135. The van der Waals surface area contributed by atoms with E-state index in [0.717, 1.165) is 10.8 Å². The lowest BCUT2D eigenvalue weighted by atomic mass is 10.2. The quantitative estimate of drug-likeness (QED) is 0.765. The van der Waals surface area contributed by atoms with E-state index in [1.54, 1.807) is 24.3 Å². The minimum Gasteiger partial charge on any atom is -0.507 e. The molecule has 0 atom stereocenters. The van der Waals surface area contributed by atoms with Crippen molar-refractivity contribution < 1.29 is 14.7 Å². The van der Waals surface area contributed by atoms with Crippen LogP contribution in [0.5, 0.6) is 5.75 Å². The average molecular weight is 219 g/mol. The van der Waals surface area contributed by atoms with Crippen LogP contribution in [0.3, 0.4) is 0 Å². The molecule has 1 heterocycles. The second kappa shape index (κ2) is 3.69. The number of para-hydroxylation sites is 1. The van der Waals surface area contributed by atoms with Gasteiger partial charge in [-0.05, 0) is 12.1 Å². The van der Waals surface area contributed by atoms with Crippen molar-refractivity contribution in [3.05, 3.63) is 40.7 Å². The van der Waals surface area contributed by atoms with Gasteiger partial charge in [-0.25, -0.2) is 4.79 Å². The Kier molecular flexibility index (Phi) is 2.36. The molecular formula is C11H9NO4. The average Bonchev–Trinajstić information content (AvgIpc) is 2.24. The van der Waals surface area contributed by atoms with E-state index in [9.17, 15) is 14.7 Å². The highest BCUT2D eigenvalue weighted by Crippen LogP contribution is 2.20. The molecular weight excluding hydrogens is 210 g/mol. The standard InChI is InChI=1S/C11H9NO4/c1-7(13)16-12-9-5-3-2-4-8(9)10(14)6-11(12)15/h2-6,14H,1H3. The van der Waals surface area contributed by atoms with Crippen LogP contribution in [-0.2, 0) is 4.79 Å². The van der Waals surface area contributed by atoms with Gasteiger partial charge in [0.2, 0.25) is 0 Å². The summed E-state index contributed by atoms with van der Waals surface area (Å²) in [6, 6.07) is 7.61. The van der Waals surface area contributed by atoms with Crippen molar-refractivity contribution >= 4 is 16.9 Å². The highest BCUT2D eigenvalue weighted by molar-refractivity contribution is 5.85. The lowest BCUT2D eigenvalue weighted by molar-refractivity contribution is -0.141. The molecule has 0 aliphatic rings. The first-order chi connectivity index (χ1) is 7.59. The number of aromatic hydroxyl groups is 1. The van der Waals surface area contributed by atoms with E-state index in [-0.39, 0.29) is 5.75 Å². The van der Waals surface area contributed by atoms with E-state index >= 15 is 0 Å². The number of rotatable bonds is 1.